The lowest BCUT2D eigenvalue weighted by atomic mass is 10.00. The molecule has 0 heterocycles. The molecule has 1 atom stereocenters. The Morgan fingerprint density at radius 3 is 2.08 bits per heavy atom. The molecule has 0 aromatic heterocycles. The van der Waals surface area contributed by atoms with Crippen LogP contribution in [0.25, 0.3) is 0 Å². The van der Waals surface area contributed by atoms with Crippen molar-refractivity contribution in [1.82, 2.24) is 0 Å². The van der Waals surface area contributed by atoms with Gasteiger partial charge in [-0.3, -0.25) is 0 Å². The van der Waals surface area contributed by atoms with E-state index in [2.05, 4.69) is 13.8 Å². The van der Waals surface area contributed by atoms with Gasteiger partial charge in [-0.25, -0.2) is 0 Å². The van der Waals surface area contributed by atoms with Gasteiger partial charge in [0, 0.05) is 5.41 Å². The van der Waals surface area contributed by atoms with E-state index < -0.39 is 5.60 Å². The Bertz CT molecular complexity index is 289. The van der Waals surface area contributed by atoms with E-state index in [4.69, 9.17) is 0 Å². The Balaban J connectivity index is 2.35. The molecule has 0 radical (unpaired) electrons. The smallest absolute Gasteiger partial charge is 0.0954 e. The number of hydrogen-bond donors (Lipinski definition) is 1. The summed E-state index contributed by atoms with van der Waals surface area (Å²) < 4.78 is 0. The highest BCUT2D eigenvalue weighted by atomic mass is 16.3. The van der Waals surface area contributed by atoms with Gasteiger partial charge in [-0.2, -0.15) is 0 Å². The van der Waals surface area contributed by atoms with Crippen LogP contribution in [-0.4, -0.2) is 5.11 Å². The minimum Gasteiger partial charge on any atom is -0.385 e. The SMILES string of the molecule is CC1(C)CC1(O)c1ccccc1. The predicted octanol–water partition coefficient (Wildman–Crippen LogP) is 2.30. The van der Waals surface area contributed by atoms with Crippen molar-refractivity contribution in [2.75, 3.05) is 0 Å². The zero-order valence-electron chi connectivity index (χ0n) is 7.54. The summed E-state index contributed by atoms with van der Waals surface area (Å²) in [5.41, 5.74) is 0.554. The van der Waals surface area contributed by atoms with Gasteiger partial charge < -0.3 is 5.11 Å². The Morgan fingerprint density at radius 1 is 1.17 bits per heavy atom. The summed E-state index contributed by atoms with van der Waals surface area (Å²) >= 11 is 0. The number of benzene rings is 1. The van der Waals surface area contributed by atoms with Gasteiger partial charge in [0.2, 0.25) is 0 Å². The van der Waals surface area contributed by atoms with Gasteiger partial charge in [0.15, 0.2) is 0 Å². The Labute approximate surface area is 73.0 Å². The molecular formula is C11H14O. The predicted molar refractivity (Wildman–Crippen MR) is 48.7 cm³/mol. The summed E-state index contributed by atoms with van der Waals surface area (Å²) in [6.45, 7) is 4.19. The first-order valence-corrected chi connectivity index (χ1v) is 4.34. The van der Waals surface area contributed by atoms with Gasteiger partial charge in [0.1, 0.15) is 0 Å². The molecule has 0 aliphatic heterocycles. The Hall–Kier alpha value is -0.820. The van der Waals surface area contributed by atoms with E-state index >= 15 is 0 Å². The second-order valence-corrected chi connectivity index (χ2v) is 4.29. The molecular weight excluding hydrogens is 148 g/mol. The minimum absolute atomic E-state index is 0.0638. The fraction of sp³-hybridized carbons (Fsp3) is 0.455. The molecule has 1 aliphatic carbocycles. The molecule has 1 aliphatic rings. The lowest BCUT2D eigenvalue weighted by Crippen LogP contribution is -2.12. The van der Waals surface area contributed by atoms with E-state index in [1.165, 1.54) is 0 Å². The van der Waals surface area contributed by atoms with Gasteiger partial charge in [0.05, 0.1) is 5.60 Å². The largest absolute Gasteiger partial charge is 0.385 e. The Kier molecular flexibility index (Phi) is 1.37. The highest BCUT2D eigenvalue weighted by molar-refractivity contribution is 5.32. The highest BCUT2D eigenvalue weighted by Gasteiger charge is 2.61. The average molecular weight is 162 g/mol. The van der Waals surface area contributed by atoms with E-state index in [9.17, 15) is 5.11 Å². The van der Waals surface area contributed by atoms with Crippen LogP contribution >= 0.6 is 0 Å². The molecule has 1 heteroatoms. The normalized spacial score (nSPS) is 31.6. The zero-order valence-corrected chi connectivity index (χ0v) is 7.54. The first-order chi connectivity index (χ1) is 5.56. The van der Waals surface area contributed by atoms with Crippen LogP contribution in [0.3, 0.4) is 0 Å². The van der Waals surface area contributed by atoms with Crippen molar-refractivity contribution in [2.45, 2.75) is 25.9 Å². The summed E-state index contributed by atoms with van der Waals surface area (Å²) in [7, 11) is 0. The second-order valence-electron chi connectivity index (χ2n) is 4.29. The molecule has 0 bridgehead atoms. The van der Waals surface area contributed by atoms with Crippen molar-refractivity contribution in [3.63, 3.8) is 0 Å². The molecule has 1 fully saturated rings. The first kappa shape index (κ1) is 7.81. The van der Waals surface area contributed by atoms with E-state index in [0.717, 1.165) is 12.0 Å². The van der Waals surface area contributed by atoms with Crippen molar-refractivity contribution in [1.29, 1.82) is 0 Å². The molecule has 64 valence electrons. The molecule has 1 nitrogen and oxygen atoms in total. The third-order valence-electron chi connectivity index (χ3n) is 2.94. The monoisotopic (exact) mass is 162 g/mol. The summed E-state index contributed by atoms with van der Waals surface area (Å²) in [6, 6.07) is 9.91. The van der Waals surface area contributed by atoms with Crippen molar-refractivity contribution >= 4 is 0 Å². The number of hydrogen-bond acceptors (Lipinski definition) is 1. The van der Waals surface area contributed by atoms with Crippen LogP contribution in [0.15, 0.2) is 30.3 Å². The van der Waals surface area contributed by atoms with Crippen LogP contribution in [0.2, 0.25) is 0 Å². The molecule has 1 saturated carbocycles. The molecule has 1 N–H and O–H groups in total. The summed E-state index contributed by atoms with van der Waals surface area (Å²) in [5.74, 6) is 0. The third-order valence-corrected chi connectivity index (χ3v) is 2.94. The molecule has 0 spiro atoms. The zero-order chi connectivity index (χ0) is 8.82. The van der Waals surface area contributed by atoms with Crippen molar-refractivity contribution in [3.8, 4) is 0 Å². The van der Waals surface area contributed by atoms with Crippen molar-refractivity contribution in [2.24, 2.45) is 5.41 Å². The third kappa shape index (κ3) is 0.896. The van der Waals surface area contributed by atoms with Crippen LogP contribution in [0, 0.1) is 5.41 Å². The van der Waals surface area contributed by atoms with Crippen molar-refractivity contribution in [3.05, 3.63) is 35.9 Å². The highest BCUT2D eigenvalue weighted by Crippen LogP contribution is 2.62. The average Bonchev–Trinajstić information content (AvgIpc) is 2.55. The van der Waals surface area contributed by atoms with Crippen LogP contribution in [0.1, 0.15) is 25.8 Å². The maximum absolute atomic E-state index is 10.1. The molecule has 12 heavy (non-hydrogen) atoms. The van der Waals surface area contributed by atoms with Gasteiger partial charge in [-0.1, -0.05) is 44.2 Å². The summed E-state index contributed by atoms with van der Waals surface area (Å²) in [5, 5.41) is 10.1. The minimum atomic E-state index is -0.561. The Morgan fingerprint density at radius 2 is 1.67 bits per heavy atom. The van der Waals surface area contributed by atoms with Gasteiger partial charge in [-0.05, 0) is 12.0 Å². The summed E-state index contributed by atoms with van der Waals surface area (Å²) in [4.78, 5) is 0. The van der Waals surface area contributed by atoms with Crippen LogP contribution < -0.4 is 0 Å². The standard InChI is InChI=1S/C11H14O/c1-10(2)8-11(10,12)9-6-4-3-5-7-9/h3-7,12H,8H2,1-2H3. The van der Waals surface area contributed by atoms with Gasteiger partial charge in [-0.15, -0.1) is 0 Å². The molecule has 0 saturated heterocycles. The fourth-order valence-electron chi connectivity index (χ4n) is 1.80. The number of aliphatic hydroxyl groups is 1. The maximum Gasteiger partial charge on any atom is 0.0954 e. The molecule has 1 aromatic rings. The van der Waals surface area contributed by atoms with Gasteiger partial charge >= 0.3 is 0 Å². The maximum atomic E-state index is 10.1. The number of rotatable bonds is 1. The molecule has 1 unspecified atom stereocenters. The van der Waals surface area contributed by atoms with Crippen LogP contribution in [0.5, 0.6) is 0 Å². The van der Waals surface area contributed by atoms with Crippen LogP contribution in [0.4, 0.5) is 0 Å². The fourth-order valence-corrected chi connectivity index (χ4v) is 1.80. The van der Waals surface area contributed by atoms with Crippen LogP contribution in [-0.2, 0) is 5.60 Å². The second kappa shape index (κ2) is 2.11. The summed E-state index contributed by atoms with van der Waals surface area (Å²) in [6.07, 6.45) is 0.879. The van der Waals surface area contributed by atoms with Crippen molar-refractivity contribution < 1.29 is 5.11 Å². The van der Waals surface area contributed by atoms with E-state index in [-0.39, 0.29) is 5.41 Å². The molecule has 1 aromatic carbocycles. The topological polar surface area (TPSA) is 20.2 Å². The lowest BCUT2D eigenvalue weighted by Gasteiger charge is -2.13. The first-order valence-electron chi connectivity index (χ1n) is 4.34. The van der Waals surface area contributed by atoms with Gasteiger partial charge in [0.25, 0.3) is 0 Å². The van der Waals surface area contributed by atoms with E-state index in [1.807, 2.05) is 30.3 Å². The van der Waals surface area contributed by atoms with E-state index in [0.29, 0.717) is 0 Å². The quantitative estimate of drug-likeness (QED) is 0.671. The lowest BCUT2D eigenvalue weighted by molar-refractivity contribution is 0.108. The molecule has 2 rings (SSSR count). The molecule has 0 amide bonds. The van der Waals surface area contributed by atoms with E-state index in [1.54, 1.807) is 0 Å².